The van der Waals surface area contributed by atoms with Crippen LogP contribution >= 0.6 is 11.6 Å². The molecule has 0 bridgehead atoms. The predicted octanol–water partition coefficient (Wildman–Crippen LogP) is 7.80. The maximum atomic E-state index is 6.31. The Kier molecular flexibility index (Phi) is 14.9. The molecule has 0 radical (unpaired) electrons. The van der Waals surface area contributed by atoms with Crippen LogP contribution < -0.4 is 0 Å². The van der Waals surface area contributed by atoms with Gasteiger partial charge in [0.25, 0.3) is 0 Å². The smallest absolute Gasteiger partial charge is 0.130 e. The van der Waals surface area contributed by atoms with E-state index >= 15 is 0 Å². The number of nitrogens with zero attached hydrogens (tertiary/aromatic N) is 1. The van der Waals surface area contributed by atoms with Crippen LogP contribution in [-0.4, -0.2) is 9.97 Å². The highest BCUT2D eigenvalue weighted by Crippen LogP contribution is 2.27. The molecule has 0 aliphatic rings. The SMILES string of the molecule is C#C.C#CC.C\C=C/C=C(/C=C\C/C=C/c1ncc(-c2ccc(C)cc2Cl)[nH]1)CC. The van der Waals surface area contributed by atoms with Crippen molar-refractivity contribution >= 4 is 17.7 Å². The van der Waals surface area contributed by atoms with E-state index in [4.69, 9.17) is 11.6 Å². The average molecular weight is 419 g/mol. The Morgan fingerprint density at radius 1 is 1.27 bits per heavy atom. The number of nitrogens with one attached hydrogen (secondary N) is 1. The van der Waals surface area contributed by atoms with E-state index in [-0.39, 0.29) is 0 Å². The van der Waals surface area contributed by atoms with E-state index in [1.54, 1.807) is 6.92 Å². The molecule has 30 heavy (non-hydrogen) atoms. The molecule has 2 nitrogen and oxygen atoms in total. The number of rotatable bonds is 7. The number of allylic oxidation sites excluding steroid dienone is 7. The molecule has 0 aliphatic carbocycles. The first-order valence-corrected chi connectivity index (χ1v) is 10.1. The van der Waals surface area contributed by atoms with Crippen molar-refractivity contribution in [1.82, 2.24) is 9.97 Å². The van der Waals surface area contributed by atoms with E-state index in [1.165, 1.54) is 5.57 Å². The van der Waals surface area contributed by atoms with Gasteiger partial charge in [-0.1, -0.05) is 67.1 Å². The fourth-order valence-electron chi connectivity index (χ4n) is 2.39. The van der Waals surface area contributed by atoms with Gasteiger partial charge < -0.3 is 4.98 Å². The third kappa shape index (κ3) is 10.4. The van der Waals surface area contributed by atoms with Crippen LogP contribution in [0.15, 0.2) is 66.4 Å². The van der Waals surface area contributed by atoms with Gasteiger partial charge in [-0.15, -0.1) is 25.2 Å². The van der Waals surface area contributed by atoms with E-state index in [9.17, 15) is 0 Å². The van der Waals surface area contributed by atoms with Crippen molar-refractivity contribution in [2.45, 2.75) is 40.5 Å². The van der Waals surface area contributed by atoms with Gasteiger partial charge in [-0.3, -0.25) is 0 Å². The van der Waals surface area contributed by atoms with Crippen LogP contribution in [0.3, 0.4) is 0 Å². The molecule has 0 fully saturated rings. The Balaban J connectivity index is 0.00000154. The highest BCUT2D eigenvalue weighted by atomic mass is 35.5. The average Bonchev–Trinajstić information content (AvgIpc) is 3.20. The quantitative estimate of drug-likeness (QED) is 0.360. The second kappa shape index (κ2) is 16.7. The third-order valence-electron chi connectivity index (χ3n) is 3.80. The maximum Gasteiger partial charge on any atom is 0.130 e. The van der Waals surface area contributed by atoms with Gasteiger partial charge in [-0.2, -0.15) is 0 Å². The zero-order valence-electron chi connectivity index (χ0n) is 18.3. The molecule has 0 amide bonds. The van der Waals surface area contributed by atoms with Crippen molar-refractivity contribution in [1.29, 1.82) is 0 Å². The van der Waals surface area contributed by atoms with Crippen molar-refractivity contribution in [3.8, 4) is 36.4 Å². The summed E-state index contributed by atoms with van der Waals surface area (Å²) in [6.45, 7) is 7.87. The number of H-pyrrole nitrogens is 1. The molecule has 0 spiro atoms. The van der Waals surface area contributed by atoms with Crippen molar-refractivity contribution < 1.29 is 0 Å². The zero-order valence-corrected chi connectivity index (χ0v) is 19.1. The van der Waals surface area contributed by atoms with Crippen LogP contribution in [0, 0.1) is 32.1 Å². The van der Waals surface area contributed by atoms with Gasteiger partial charge in [0, 0.05) is 5.56 Å². The fraction of sp³-hybridized carbons (Fsp3) is 0.222. The van der Waals surface area contributed by atoms with Crippen molar-refractivity contribution in [3.05, 3.63) is 82.8 Å². The minimum Gasteiger partial charge on any atom is -0.338 e. The number of hydrogen-bond donors (Lipinski definition) is 1. The van der Waals surface area contributed by atoms with Crippen LogP contribution in [0.4, 0.5) is 0 Å². The molecule has 1 aromatic carbocycles. The monoisotopic (exact) mass is 418 g/mol. The van der Waals surface area contributed by atoms with Gasteiger partial charge in [-0.25, -0.2) is 4.98 Å². The molecule has 156 valence electrons. The number of aromatic amines is 1. The summed E-state index contributed by atoms with van der Waals surface area (Å²) in [7, 11) is 0. The van der Waals surface area contributed by atoms with Gasteiger partial charge in [-0.05, 0) is 56.9 Å². The summed E-state index contributed by atoms with van der Waals surface area (Å²) in [5.74, 6) is 3.08. The Morgan fingerprint density at radius 2 is 1.97 bits per heavy atom. The highest BCUT2D eigenvalue weighted by molar-refractivity contribution is 6.33. The number of halogens is 1. The summed E-state index contributed by atoms with van der Waals surface area (Å²) >= 11 is 6.31. The van der Waals surface area contributed by atoms with Crippen LogP contribution in [0.5, 0.6) is 0 Å². The Morgan fingerprint density at radius 3 is 2.57 bits per heavy atom. The summed E-state index contributed by atoms with van der Waals surface area (Å²) in [5.41, 5.74) is 4.37. The number of imidazole rings is 1. The molecule has 0 unspecified atom stereocenters. The molecular weight excluding hydrogens is 388 g/mol. The number of hydrogen-bond acceptors (Lipinski definition) is 1. The first kappa shape index (κ1) is 26.8. The fourth-order valence-corrected chi connectivity index (χ4v) is 2.72. The molecule has 1 N–H and O–H groups in total. The molecule has 0 atom stereocenters. The number of terminal acetylenes is 2. The van der Waals surface area contributed by atoms with Gasteiger partial charge >= 0.3 is 0 Å². The van der Waals surface area contributed by atoms with Crippen molar-refractivity contribution in [3.63, 3.8) is 0 Å². The first-order chi connectivity index (χ1) is 14.5. The zero-order chi connectivity index (χ0) is 22.8. The van der Waals surface area contributed by atoms with Crippen molar-refractivity contribution in [2.75, 3.05) is 0 Å². The van der Waals surface area contributed by atoms with Gasteiger partial charge in [0.2, 0.25) is 0 Å². The lowest BCUT2D eigenvalue weighted by Gasteiger charge is -2.02. The Bertz CT molecular complexity index is 931. The molecule has 0 saturated carbocycles. The van der Waals surface area contributed by atoms with E-state index < -0.39 is 0 Å². The van der Waals surface area contributed by atoms with E-state index in [2.05, 4.69) is 78.5 Å². The lowest BCUT2D eigenvalue weighted by molar-refractivity contribution is 1.14. The van der Waals surface area contributed by atoms with Crippen LogP contribution in [0.1, 0.15) is 45.0 Å². The summed E-state index contributed by atoms with van der Waals surface area (Å²) in [5, 5.41) is 0.738. The predicted molar refractivity (Wildman–Crippen MR) is 134 cm³/mol. The molecule has 3 heteroatoms. The lowest BCUT2D eigenvalue weighted by atomic mass is 10.1. The minimum atomic E-state index is 0.738. The van der Waals surface area contributed by atoms with Crippen LogP contribution in [0.2, 0.25) is 5.02 Å². The summed E-state index contributed by atoms with van der Waals surface area (Å²) < 4.78 is 0. The molecule has 0 saturated heterocycles. The van der Waals surface area contributed by atoms with Gasteiger partial charge in [0.15, 0.2) is 0 Å². The van der Waals surface area contributed by atoms with Gasteiger partial charge in [0.05, 0.1) is 16.9 Å². The maximum absolute atomic E-state index is 6.31. The van der Waals surface area contributed by atoms with Crippen molar-refractivity contribution in [2.24, 2.45) is 0 Å². The topological polar surface area (TPSA) is 28.7 Å². The second-order valence-corrected chi connectivity index (χ2v) is 6.52. The molecule has 2 aromatic rings. The molecule has 1 aromatic heterocycles. The van der Waals surface area contributed by atoms with Crippen LogP contribution in [-0.2, 0) is 0 Å². The third-order valence-corrected chi connectivity index (χ3v) is 4.11. The normalized spacial score (nSPS) is 11.1. The largest absolute Gasteiger partial charge is 0.338 e. The lowest BCUT2D eigenvalue weighted by Crippen LogP contribution is -1.81. The second-order valence-electron chi connectivity index (χ2n) is 6.12. The molecule has 2 rings (SSSR count). The molecule has 0 aliphatic heterocycles. The number of benzene rings is 1. The highest BCUT2D eigenvalue weighted by Gasteiger charge is 2.06. The summed E-state index contributed by atoms with van der Waals surface area (Å²) in [6, 6.07) is 6.03. The summed E-state index contributed by atoms with van der Waals surface area (Å²) in [6.07, 6.45) is 31.0. The standard InChI is InChI=1S/C22H25ClN2.C3H4.C2H2/c1-4-6-10-18(5-2)11-8-7-9-12-22-24-16-21(25-22)19-14-13-17(3)15-20(19)23;1-3-2;1-2/h4,6,8-16H,5,7H2,1-3H3,(H,24,25);1H,2H3;1-2H/b6-4-,11-8-,12-9+,18-10+;;. The van der Waals surface area contributed by atoms with Crippen LogP contribution in [0.25, 0.3) is 17.3 Å². The Hall–Kier alpha value is -3.20. The Labute approximate surface area is 187 Å². The number of aromatic nitrogens is 2. The van der Waals surface area contributed by atoms with E-state index in [0.29, 0.717) is 0 Å². The first-order valence-electron chi connectivity index (χ1n) is 9.72. The molecular formula is C27H31ClN2. The van der Waals surface area contributed by atoms with E-state index in [1.807, 2.05) is 44.3 Å². The van der Waals surface area contributed by atoms with Gasteiger partial charge in [0.1, 0.15) is 5.82 Å². The van der Waals surface area contributed by atoms with E-state index in [0.717, 1.165) is 40.5 Å². The summed E-state index contributed by atoms with van der Waals surface area (Å²) in [4.78, 5) is 7.70. The number of aryl methyl sites for hydroxylation is 1. The minimum absolute atomic E-state index is 0.738. The molecule has 1 heterocycles.